The fourth-order valence-corrected chi connectivity index (χ4v) is 4.99. The van der Waals surface area contributed by atoms with Crippen molar-refractivity contribution >= 4 is 39.9 Å². The lowest BCUT2D eigenvalue weighted by molar-refractivity contribution is 0.0748. The average molecular weight is 451 g/mol. The van der Waals surface area contributed by atoms with Gasteiger partial charge in [-0.1, -0.05) is 36.0 Å². The molecular formula is C23H22N4O2S2. The number of thioether (sulfide) groups is 1. The second kappa shape index (κ2) is 9.45. The summed E-state index contributed by atoms with van der Waals surface area (Å²) in [6.45, 7) is 4.66. The molecule has 158 valence electrons. The predicted octanol–water partition coefficient (Wildman–Crippen LogP) is 4.64. The van der Waals surface area contributed by atoms with Crippen LogP contribution in [0.2, 0.25) is 0 Å². The minimum absolute atomic E-state index is 0.0898. The maximum absolute atomic E-state index is 13.0. The summed E-state index contributed by atoms with van der Waals surface area (Å²) in [5.74, 6) is 1.19. The van der Waals surface area contributed by atoms with Crippen LogP contribution in [0.3, 0.4) is 0 Å². The number of carbonyl (C=O) groups excluding carboxylic acids is 1. The van der Waals surface area contributed by atoms with E-state index in [9.17, 15) is 9.59 Å². The van der Waals surface area contributed by atoms with Gasteiger partial charge in [0.2, 0.25) is 0 Å². The minimum Gasteiger partial charge on any atom is -0.331 e. The normalized spacial score (nSPS) is 11.0. The van der Waals surface area contributed by atoms with Crippen molar-refractivity contribution in [2.45, 2.75) is 30.5 Å². The lowest BCUT2D eigenvalue weighted by Crippen LogP contribution is -2.32. The highest BCUT2D eigenvalue weighted by atomic mass is 32.2. The summed E-state index contributed by atoms with van der Waals surface area (Å²) in [6, 6.07) is 14.8. The highest BCUT2D eigenvalue weighted by Crippen LogP contribution is 2.26. The molecule has 0 spiro atoms. The van der Waals surface area contributed by atoms with Crippen molar-refractivity contribution in [1.29, 1.82) is 0 Å². The summed E-state index contributed by atoms with van der Waals surface area (Å²) >= 11 is 3.34. The Morgan fingerprint density at radius 3 is 2.61 bits per heavy atom. The van der Waals surface area contributed by atoms with Gasteiger partial charge in [-0.05, 0) is 43.7 Å². The van der Waals surface area contributed by atoms with Crippen molar-refractivity contribution in [2.24, 2.45) is 0 Å². The van der Waals surface area contributed by atoms with Crippen molar-refractivity contribution in [3.63, 3.8) is 0 Å². The predicted molar refractivity (Wildman–Crippen MR) is 126 cm³/mol. The number of aromatic nitrogens is 3. The molecule has 2 aromatic heterocycles. The highest BCUT2D eigenvalue weighted by molar-refractivity contribution is 8.00. The van der Waals surface area contributed by atoms with E-state index in [1.165, 1.54) is 0 Å². The fraction of sp³-hybridized carbons (Fsp3) is 0.217. The standard InChI is InChI=1S/C23H22N4O2S2/c1-3-27(12-20-25-19-7-5-4-6-18(19)21(28)26-20)22(29)17-10-8-16(9-11-17)14-31-23-24-15(2)13-30-23/h4-11,13H,3,12,14H2,1-2H3,(H,25,26,28). The number of nitrogens with one attached hydrogen (secondary N) is 1. The van der Waals surface area contributed by atoms with Gasteiger partial charge in [0, 0.05) is 28.9 Å². The number of aromatic amines is 1. The lowest BCUT2D eigenvalue weighted by Gasteiger charge is -2.20. The second-order valence-electron chi connectivity index (χ2n) is 7.09. The first kappa shape index (κ1) is 21.3. The third-order valence-electron chi connectivity index (χ3n) is 4.83. The summed E-state index contributed by atoms with van der Waals surface area (Å²) in [5.41, 5.74) is 3.22. The van der Waals surface area contributed by atoms with E-state index < -0.39 is 0 Å². The molecule has 4 aromatic rings. The van der Waals surface area contributed by atoms with Crippen molar-refractivity contribution in [3.8, 4) is 0 Å². The van der Waals surface area contributed by atoms with Crippen LogP contribution in [-0.2, 0) is 12.3 Å². The second-order valence-corrected chi connectivity index (χ2v) is 9.17. The number of carbonyl (C=O) groups is 1. The van der Waals surface area contributed by atoms with Gasteiger partial charge in [0.05, 0.1) is 17.4 Å². The third-order valence-corrected chi connectivity index (χ3v) is 7.04. The van der Waals surface area contributed by atoms with Gasteiger partial charge in [-0.25, -0.2) is 9.97 Å². The molecule has 0 bridgehead atoms. The molecule has 4 rings (SSSR count). The Hall–Kier alpha value is -2.97. The molecule has 0 aliphatic heterocycles. The summed E-state index contributed by atoms with van der Waals surface area (Å²) in [4.78, 5) is 38.8. The zero-order chi connectivity index (χ0) is 21.8. The van der Waals surface area contributed by atoms with E-state index >= 15 is 0 Å². The largest absolute Gasteiger partial charge is 0.331 e. The van der Waals surface area contributed by atoms with Crippen molar-refractivity contribution in [3.05, 3.63) is 86.9 Å². The smallest absolute Gasteiger partial charge is 0.258 e. The molecule has 6 nitrogen and oxygen atoms in total. The number of hydrogen-bond acceptors (Lipinski definition) is 6. The number of hydrogen-bond donors (Lipinski definition) is 1. The number of amides is 1. The van der Waals surface area contributed by atoms with Crippen LogP contribution in [0.5, 0.6) is 0 Å². The summed E-state index contributed by atoms with van der Waals surface area (Å²) in [7, 11) is 0. The van der Waals surface area contributed by atoms with Crippen molar-refractivity contribution in [1.82, 2.24) is 19.9 Å². The van der Waals surface area contributed by atoms with Gasteiger partial charge >= 0.3 is 0 Å². The van der Waals surface area contributed by atoms with E-state index in [-0.39, 0.29) is 18.0 Å². The molecule has 0 saturated carbocycles. The number of nitrogens with zero attached hydrogens (tertiary/aromatic N) is 3. The average Bonchev–Trinajstić information content (AvgIpc) is 3.21. The summed E-state index contributed by atoms with van der Waals surface area (Å²) in [5, 5.41) is 2.59. The van der Waals surface area contributed by atoms with Gasteiger partial charge in [0.1, 0.15) is 10.2 Å². The molecular weight excluding hydrogens is 428 g/mol. The van der Waals surface area contributed by atoms with E-state index in [2.05, 4.69) is 15.0 Å². The Morgan fingerprint density at radius 1 is 1.13 bits per heavy atom. The zero-order valence-electron chi connectivity index (χ0n) is 17.3. The molecule has 8 heteroatoms. The first-order valence-electron chi connectivity index (χ1n) is 9.94. The Morgan fingerprint density at radius 2 is 1.90 bits per heavy atom. The molecule has 2 heterocycles. The van der Waals surface area contributed by atoms with Crippen LogP contribution < -0.4 is 5.56 Å². The van der Waals surface area contributed by atoms with Crippen molar-refractivity contribution in [2.75, 3.05) is 6.54 Å². The zero-order valence-corrected chi connectivity index (χ0v) is 18.9. The SMILES string of the molecule is CCN(Cc1nc2ccccc2c(=O)[nH]1)C(=O)c1ccc(CSc2nc(C)cs2)cc1. The number of para-hydroxylation sites is 1. The molecule has 1 amide bonds. The van der Waals surface area contributed by atoms with E-state index in [1.807, 2.05) is 49.6 Å². The van der Waals surface area contributed by atoms with Crippen LogP contribution in [0.25, 0.3) is 10.9 Å². The van der Waals surface area contributed by atoms with Gasteiger partial charge in [0.15, 0.2) is 0 Å². The Kier molecular flexibility index (Phi) is 6.48. The monoisotopic (exact) mass is 450 g/mol. The molecule has 0 aliphatic rings. The number of thiazole rings is 1. The molecule has 0 unspecified atom stereocenters. The van der Waals surface area contributed by atoms with Crippen LogP contribution in [0.1, 0.15) is 34.4 Å². The first-order valence-corrected chi connectivity index (χ1v) is 11.8. The van der Waals surface area contributed by atoms with Gasteiger partial charge in [0.25, 0.3) is 11.5 Å². The number of benzene rings is 2. The summed E-state index contributed by atoms with van der Waals surface area (Å²) in [6.07, 6.45) is 0. The molecule has 0 saturated heterocycles. The van der Waals surface area contributed by atoms with Gasteiger partial charge in [-0.2, -0.15) is 0 Å². The summed E-state index contributed by atoms with van der Waals surface area (Å²) < 4.78 is 1.05. The Bertz CT molecular complexity index is 1260. The molecule has 0 fully saturated rings. The highest BCUT2D eigenvalue weighted by Gasteiger charge is 2.16. The third kappa shape index (κ3) is 5.03. The van der Waals surface area contributed by atoms with Gasteiger partial charge in [-0.3, -0.25) is 9.59 Å². The van der Waals surface area contributed by atoms with Crippen LogP contribution >= 0.6 is 23.1 Å². The number of aryl methyl sites for hydroxylation is 1. The van der Waals surface area contributed by atoms with E-state index in [0.29, 0.717) is 28.8 Å². The molecule has 0 atom stereocenters. The number of H-pyrrole nitrogens is 1. The van der Waals surface area contributed by atoms with Crippen LogP contribution in [0.4, 0.5) is 0 Å². The first-order chi connectivity index (χ1) is 15.0. The number of fused-ring (bicyclic) bond motifs is 1. The van der Waals surface area contributed by atoms with E-state index in [4.69, 9.17) is 0 Å². The minimum atomic E-state index is -0.193. The number of rotatable bonds is 7. The van der Waals surface area contributed by atoms with E-state index in [0.717, 1.165) is 21.3 Å². The molecule has 0 aliphatic carbocycles. The Balaban J connectivity index is 1.45. The van der Waals surface area contributed by atoms with E-state index in [1.54, 1.807) is 46.2 Å². The van der Waals surface area contributed by atoms with Gasteiger partial charge in [-0.15, -0.1) is 11.3 Å². The van der Waals surface area contributed by atoms with Crippen LogP contribution in [-0.4, -0.2) is 32.3 Å². The quantitative estimate of drug-likeness (QED) is 0.415. The maximum Gasteiger partial charge on any atom is 0.258 e. The lowest BCUT2D eigenvalue weighted by atomic mass is 10.1. The van der Waals surface area contributed by atoms with Crippen LogP contribution in [0.15, 0.2) is 63.0 Å². The maximum atomic E-state index is 13.0. The Labute approximate surface area is 188 Å². The van der Waals surface area contributed by atoms with Crippen LogP contribution in [0, 0.1) is 6.92 Å². The van der Waals surface area contributed by atoms with Crippen molar-refractivity contribution < 1.29 is 4.79 Å². The topological polar surface area (TPSA) is 79.0 Å². The molecule has 0 radical (unpaired) electrons. The fourth-order valence-electron chi connectivity index (χ4n) is 3.19. The molecule has 1 N–H and O–H groups in total. The molecule has 31 heavy (non-hydrogen) atoms. The molecule has 2 aromatic carbocycles. The van der Waals surface area contributed by atoms with Gasteiger partial charge < -0.3 is 9.88 Å².